The van der Waals surface area contributed by atoms with Crippen molar-refractivity contribution in [2.45, 2.75) is 109 Å². The Bertz CT molecular complexity index is 1930. The van der Waals surface area contributed by atoms with Crippen molar-refractivity contribution in [3.05, 3.63) is 60.9 Å². The standard InChI is InChI=1S/C43H56N8O3/c1-41(2,3)54-40(52)50-23-17-43(18-24-50)27-33(28-43)49-21-15-42(16-22-49)25-32(26-42)48-19-13-31(14-20-48)51-39-36(38(44)45-29-46-39)37(47-51)30-9-11-35(12-10-30)53-34-7-5-4-6-8-34/h4-12,29,31-33H,13-28H2,1-3H3,(H2,44,45,46). The highest BCUT2D eigenvalue weighted by Crippen LogP contribution is 2.55. The predicted octanol–water partition coefficient (Wildman–Crippen LogP) is 7.93. The van der Waals surface area contributed by atoms with Gasteiger partial charge in [-0.3, -0.25) is 0 Å². The summed E-state index contributed by atoms with van der Waals surface area (Å²) < 4.78 is 13.8. The number of hydrogen-bond acceptors (Lipinski definition) is 9. The second kappa shape index (κ2) is 13.8. The molecule has 5 heterocycles. The van der Waals surface area contributed by atoms with E-state index in [1.54, 1.807) is 6.33 Å². The van der Waals surface area contributed by atoms with Gasteiger partial charge >= 0.3 is 6.09 Å². The quantitative estimate of drug-likeness (QED) is 0.211. The summed E-state index contributed by atoms with van der Waals surface area (Å²) in [6, 6.07) is 19.6. The maximum Gasteiger partial charge on any atom is 0.410 e. The summed E-state index contributed by atoms with van der Waals surface area (Å²) in [5.74, 6) is 2.04. The number of benzene rings is 2. The lowest BCUT2D eigenvalue weighted by molar-refractivity contribution is -0.0909. The average molecular weight is 733 g/mol. The molecule has 11 nitrogen and oxygen atoms in total. The highest BCUT2D eigenvalue weighted by atomic mass is 16.6. The second-order valence-electron chi connectivity index (χ2n) is 18.1. The minimum Gasteiger partial charge on any atom is -0.457 e. The van der Waals surface area contributed by atoms with E-state index in [0.717, 1.165) is 91.7 Å². The number of fused-ring (bicyclic) bond motifs is 1. The monoisotopic (exact) mass is 732 g/mol. The number of rotatable bonds is 6. The molecule has 5 fully saturated rings. The first-order valence-electron chi connectivity index (χ1n) is 20.3. The van der Waals surface area contributed by atoms with Crippen molar-refractivity contribution < 1.29 is 14.3 Å². The number of nitrogens with two attached hydrogens (primary N) is 1. The molecule has 2 aromatic heterocycles. The third kappa shape index (κ3) is 6.94. The molecule has 3 aliphatic heterocycles. The van der Waals surface area contributed by atoms with Gasteiger partial charge in [0.15, 0.2) is 5.65 Å². The van der Waals surface area contributed by atoms with E-state index >= 15 is 0 Å². The minimum absolute atomic E-state index is 0.146. The van der Waals surface area contributed by atoms with Crippen molar-refractivity contribution in [1.29, 1.82) is 0 Å². The first-order valence-corrected chi connectivity index (χ1v) is 20.3. The summed E-state index contributed by atoms with van der Waals surface area (Å²) >= 11 is 0. The van der Waals surface area contributed by atoms with Gasteiger partial charge in [-0.05, 0) is 145 Å². The van der Waals surface area contributed by atoms with E-state index < -0.39 is 5.60 Å². The van der Waals surface area contributed by atoms with Crippen LogP contribution in [0, 0.1) is 10.8 Å². The predicted molar refractivity (Wildman–Crippen MR) is 210 cm³/mol. The van der Waals surface area contributed by atoms with Crippen LogP contribution in [0.15, 0.2) is 60.9 Å². The van der Waals surface area contributed by atoms with Gasteiger partial charge in [0.25, 0.3) is 0 Å². The number of piperidine rings is 3. The highest BCUT2D eigenvalue weighted by Gasteiger charge is 2.52. The number of anilines is 1. The lowest BCUT2D eigenvalue weighted by Crippen LogP contribution is -2.60. The molecule has 0 bridgehead atoms. The molecule has 286 valence electrons. The number of para-hydroxylation sites is 1. The fraction of sp³-hybridized carbons (Fsp3) is 0.581. The Kier molecular flexibility index (Phi) is 9.08. The van der Waals surface area contributed by atoms with E-state index in [1.165, 1.54) is 51.6 Å². The first-order chi connectivity index (χ1) is 26.0. The topological polar surface area (TPSA) is 115 Å². The summed E-state index contributed by atoms with van der Waals surface area (Å²) in [6.45, 7) is 12.2. The van der Waals surface area contributed by atoms with Crippen LogP contribution in [0.25, 0.3) is 22.3 Å². The lowest BCUT2D eigenvalue weighted by atomic mass is 9.57. The molecule has 9 rings (SSSR count). The van der Waals surface area contributed by atoms with Crippen LogP contribution in [-0.2, 0) is 4.74 Å². The Morgan fingerprint density at radius 2 is 1.31 bits per heavy atom. The number of carbonyl (C=O) groups excluding carboxylic acids is 1. The molecule has 0 radical (unpaired) electrons. The zero-order valence-corrected chi connectivity index (χ0v) is 32.3. The van der Waals surface area contributed by atoms with Gasteiger partial charge in [-0.25, -0.2) is 19.4 Å². The van der Waals surface area contributed by atoms with Gasteiger partial charge in [-0.1, -0.05) is 18.2 Å². The normalized spacial score (nSPS) is 22.7. The Hall–Kier alpha value is -4.22. The molecule has 2 saturated carbocycles. The number of hydrogen-bond donors (Lipinski definition) is 1. The van der Waals surface area contributed by atoms with Crippen LogP contribution in [0.3, 0.4) is 0 Å². The molecule has 2 spiro atoms. The number of likely N-dealkylation sites (tertiary alicyclic amines) is 3. The van der Waals surface area contributed by atoms with Crippen LogP contribution in [0.1, 0.15) is 91.0 Å². The molecule has 54 heavy (non-hydrogen) atoms. The van der Waals surface area contributed by atoms with Crippen LogP contribution in [0.4, 0.5) is 10.6 Å². The van der Waals surface area contributed by atoms with E-state index in [0.29, 0.717) is 22.7 Å². The van der Waals surface area contributed by atoms with Gasteiger partial charge in [-0.2, -0.15) is 5.10 Å². The summed E-state index contributed by atoms with van der Waals surface area (Å²) in [5.41, 5.74) is 9.64. The zero-order valence-electron chi connectivity index (χ0n) is 32.3. The fourth-order valence-electron chi connectivity index (χ4n) is 10.3. The maximum absolute atomic E-state index is 12.6. The second-order valence-corrected chi connectivity index (χ2v) is 18.1. The van der Waals surface area contributed by atoms with Gasteiger partial charge in [0.2, 0.25) is 0 Å². The van der Waals surface area contributed by atoms with Crippen molar-refractivity contribution in [1.82, 2.24) is 34.4 Å². The van der Waals surface area contributed by atoms with Crippen molar-refractivity contribution in [3.8, 4) is 22.8 Å². The summed E-state index contributed by atoms with van der Waals surface area (Å²) in [6.07, 6.45) is 13.8. The number of amides is 1. The molecule has 0 unspecified atom stereocenters. The van der Waals surface area contributed by atoms with E-state index in [-0.39, 0.29) is 12.1 Å². The zero-order chi connectivity index (χ0) is 37.1. The third-order valence-electron chi connectivity index (χ3n) is 13.5. The van der Waals surface area contributed by atoms with E-state index in [2.05, 4.69) is 19.5 Å². The lowest BCUT2D eigenvalue weighted by Gasteiger charge is -2.60. The molecule has 5 aliphatic rings. The molecule has 2 aliphatic carbocycles. The van der Waals surface area contributed by atoms with Crippen LogP contribution in [-0.4, -0.2) is 97.5 Å². The Morgan fingerprint density at radius 1 is 0.741 bits per heavy atom. The Balaban J connectivity index is 0.755. The summed E-state index contributed by atoms with van der Waals surface area (Å²) in [4.78, 5) is 29.1. The van der Waals surface area contributed by atoms with Crippen molar-refractivity contribution in [3.63, 3.8) is 0 Å². The molecule has 3 saturated heterocycles. The molecule has 4 aromatic rings. The van der Waals surface area contributed by atoms with Gasteiger partial charge in [-0.15, -0.1) is 0 Å². The highest BCUT2D eigenvalue weighted by molar-refractivity contribution is 5.98. The van der Waals surface area contributed by atoms with Crippen LogP contribution < -0.4 is 10.5 Å². The van der Waals surface area contributed by atoms with Crippen molar-refractivity contribution in [2.24, 2.45) is 10.8 Å². The largest absolute Gasteiger partial charge is 0.457 e. The molecule has 2 N–H and O–H groups in total. The molecule has 0 atom stereocenters. The fourth-order valence-corrected chi connectivity index (χ4v) is 10.3. The third-order valence-corrected chi connectivity index (χ3v) is 13.5. The minimum atomic E-state index is -0.431. The van der Waals surface area contributed by atoms with E-state index in [9.17, 15) is 4.79 Å². The number of aromatic nitrogens is 4. The van der Waals surface area contributed by atoms with E-state index in [4.69, 9.17) is 25.3 Å². The number of carbonyl (C=O) groups is 1. The average Bonchev–Trinajstić information content (AvgIpc) is 3.54. The van der Waals surface area contributed by atoms with Crippen molar-refractivity contribution >= 4 is 22.9 Å². The van der Waals surface area contributed by atoms with Gasteiger partial charge in [0, 0.05) is 43.8 Å². The van der Waals surface area contributed by atoms with Crippen LogP contribution in [0.5, 0.6) is 11.5 Å². The smallest absolute Gasteiger partial charge is 0.410 e. The number of ether oxygens (including phenoxy) is 2. The Labute approximate surface area is 319 Å². The SMILES string of the molecule is CC(C)(C)OC(=O)N1CCC2(CC1)CC(N1CCC3(CC1)CC(N1CCC(n4nc(-c5ccc(Oc6ccccc6)cc5)c5c(N)ncnc54)CC1)C3)C2. The molecule has 1 amide bonds. The van der Waals surface area contributed by atoms with Crippen LogP contribution >= 0.6 is 0 Å². The van der Waals surface area contributed by atoms with Gasteiger partial charge in [0.1, 0.15) is 34.9 Å². The number of nitrogens with zero attached hydrogens (tertiary/aromatic N) is 7. The van der Waals surface area contributed by atoms with Crippen LogP contribution in [0.2, 0.25) is 0 Å². The Morgan fingerprint density at radius 3 is 1.93 bits per heavy atom. The van der Waals surface area contributed by atoms with Crippen molar-refractivity contribution in [2.75, 3.05) is 45.0 Å². The van der Waals surface area contributed by atoms with E-state index in [1.807, 2.05) is 80.3 Å². The molecular formula is C43H56N8O3. The van der Waals surface area contributed by atoms with Gasteiger partial charge < -0.3 is 29.9 Å². The summed E-state index contributed by atoms with van der Waals surface area (Å²) in [7, 11) is 0. The molecular weight excluding hydrogens is 677 g/mol. The number of nitrogen functional groups attached to an aromatic ring is 1. The summed E-state index contributed by atoms with van der Waals surface area (Å²) in [5, 5.41) is 5.99. The molecule has 11 heteroatoms. The molecule has 2 aromatic carbocycles. The maximum atomic E-state index is 12.6. The van der Waals surface area contributed by atoms with Gasteiger partial charge in [0.05, 0.1) is 11.4 Å². The first kappa shape index (κ1) is 35.5.